The van der Waals surface area contributed by atoms with Crippen molar-refractivity contribution in [3.05, 3.63) is 63.8 Å². The number of urea groups is 1. The second-order valence-electron chi connectivity index (χ2n) is 6.71. The van der Waals surface area contributed by atoms with Crippen LogP contribution in [-0.2, 0) is 4.79 Å². The average molecular weight is 385 g/mol. The lowest BCUT2D eigenvalue weighted by atomic mass is 9.96. The SMILES string of the molecule is COc1cc(C)c(/C=C2/NC(=O)N(c3cccc(Cl)c3)C2=O)cc1C(C)C. The highest BCUT2D eigenvalue weighted by Gasteiger charge is 2.35. The Morgan fingerprint density at radius 2 is 1.93 bits per heavy atom. The van der Waals surface area contributed by atoms with Crippen molar-refractivity contribution < 1.29 is 14.3 Å². The number of benzene rings is 2. The number of hydrogen-bond acceptors (Lipinski definition) is 3. The molecule has 0 bridgehead atoms. The first kappa shape index (κ1) is 19.0. The Balaban J connectivity index is 2.00. The van der Waals surface area contributed by atoms with Crippen LogP contribution >= 0.6 is 11.6 Å². The lowest BCUT2D eigenvalue weighted by Gasteiger charge is -2.15. The van der Waals surface area contributed by atoms with Crippen LogP contribution in [0.5, 0.6) is 5.75 Å². The average Bonchev–Trinajstić information content (AvgIpc) is 2.89. The third kappa shape index (κ3) is 3.69. The molecule has 0 spiro atoms. The molecule has 1 aliphatic heterocycles. The van der Waals surface area contributed by atoms with Gasteiger partial charge >= 0.3 is 6.03 Å². The van der Waals surface area contributed by atoms with E-state index in [1.807, 2.05) is 19.1 Å². The van der Waals surface area contributed by atoms with Crippen molar-refractivity contribution in [3.8, 4) is 5.75 Å². The van der Waals surface area contributed by atoms with Crippen molar-refractivity contribution in [3.63, 3.8) is 0 Å². The maximum atomic E-state index is 12.8. The second-order valence-corrected chi connectivity index (χ2v) is 7.15. The molecule has 27 heavy (non-hydrogen) atoms. The summed E-state index contributed by atoms with van der Waals surface area (Å²) in [5.74, 6) is 0.657. The Morgan fingerprint density at radius 1 is 1.19 bits per heavy atom. The number of aryl methyl sites for hydroxylation is 1. The van der Waals surface area contributed by atoms with Crippen LogP contribution in [0.3, 0.4) is 0 Å². The molecule has 3 amide bonds. The van der Waals surface area contributed by atoms with Crippen LogP contribution in [0.25, 0.3) is 6.08 Å². The van der Waals surface area contributed by atoms with E-state index < -0.39 is 11.9 Å². The van der Waals surface area contributed by atoms with Crippen LogP contribution < -0.4 is 15.0 Å². The highest BCUT2D eigenvalue weighted by Crippen LogP contribution is 2.31. The van der Waals surface area contributed by atoms with E-state index in [-0.39, 0.29) is 11.6 Å². The smallest absolute Gasteiger partial charge is 0.333 e. The van der Waals surface area contributed by atoms with Gasteiger partial charge in [-0.15, -0.1) is 0 Å². The number of carbonyl (C=O) groups excluding carboxylic acids is 2. The molecule has 6 heteroatoms. The molecule has 1 fully saturated rings. The molecule has 2 aromatic carbocycles. The molecule has 1 heterocycles. The zero-order valence-electron chi connectivity index (χ0n) is 15.7. The molecule has 0 unspecified atom stereocenters. The Kier molecular flexibility index (Phi) is 5.24. The summed E-state index contributed by atoms with van der Waals surface area (Å²) < 4.78 is 5.46. The number of anilines is 1. The largest absolute Gasteiger partial charge is 0.496 e. The number of ether oxygens (including phenoxy) is 1. The highest BCUT2D eigenvalue weighted by molar-refractivity contribution is 6.32. The first-order valence-corrected chi connectivity index (χ1v) is 9.01. The molecular weight excluding hydrogens is 364 g/mol. The maximum Gasteiger partial charge on any atom is 0.333 e. The van der Waals surface area contributed by atoms with Crippen LogP contribution in [0.1, 0.15) is 36.5 Å². The Bertz CT molecular complexity index is 950. The van der Waals surface area contributed by atoms with Gasteiger partial charge in [-0.2, -0.15) is 0 Å². The predicted octanol–water partition coefficient (Wildman–Crippen LogP) is 4.88. The number of methoxy groups -OCH3 is 1. The molecule has 1 N–H and O–H groups in total. The summed E-state index contributed by atoms with van der Waals surface area (Å²) >= 11 is 5.99. The number of amides is 3. The maximum absolute atomic E-state index is 12.8. The zero-order chi connectivity index (χ0) is 19.7. The minimum Gasteiger partial charge on any atom is -0.496 e. The number of rotatable bonds is 4. The van der Waals surface area contributed by atoms with Crippen molar-refractivity contribution in [2.75, 3.05) is 12.0 Å². The number of nitrogens with one attached hydrogen (secondary N) is 1. The number of imide groups is 1. The van der Waals surface area contributed by atoms with Gasteiger partial charge in [0.05, 0.1) is 12.8 Å². The van der Waals surface area contributed by atoms with Crippen molar-refractivity contribution in [2.45, 2.75) is 26.7 Å². The highest BCUT2D eigenvalue weighted by atomic mass is 35.5. The molecule has 3 rings (SSSR count). The van der Waals surface area contributed by atoms with Crippen molar-refractivity contribution in [2.24, 2.45) is 0 Å². The van der Waals surface area contributed by atoms with Gasteiger partial charge in [0.2, 0.25) is 0 Å². The summed E-state index contributed by atoms with van der Waals surface area (Å²) in [4.78, 5) is 26.2. The lowest BCUT2D eigenvalue weighted by Crippen LogP contribution is -2.30. The molecule has 0 aliphatic carbocycles. The summed E-state index contributed by atoms with van der Waals surface area (Å²) in [6.07, 6.45) is 1.70. The molecule has 0 aromatic heterocycles. The van der Waals surface area contributed by atoms with Gasteiger partial charge < -0.3 is 10.1 Å². The number of carbonyl (C=O) groups is 2. The fourth-order valence-electron chi connectivity index (χ4n) is 3.04. The quantitative estimate of drug-likeness (QED) is 0.603. The fourth-order valence-corrected chi connectivity index (χ4v) is 3.22. The topological polar surface area (TPSA) is 58.6 Å². The molecule has 140 valence electrons. The van der Waals surface area contributed by atoms with E-state index in [2.05, 4.69) is 19.2 Å². The third-order valence-electron chi connectivity index (χ3n) is 4.48. The number of halogens is 1. The Morgan fingerprint density at radius 3 is 2.56 bits per heavy atom. The summed E-state index contributed by atoms with van der Waals surface area (Å²) in [5, 5.41) is 3.11. The van der Waals surface area contributed by atoms with Gasteiger partial charge in [0.1, 0.15) is 11.4 Å². The van der Waals surface area contributed by atoms with Crippen LogP contribution in [0.4, 0.5) is 10.5 Å². The summed E-state index contributed by atoms with van der Waals surface area (Å²) in [7, 11) is 1.64. The molecule has 2 aromatic rings. The van der Waals surface area contributed by atoms with E-state index in [1.165, 1.54) is 0 Å². The third-order valence-corrected chi connectivity index (χ3v) is 4.72. The monoisotopic (exact) mass is 384 g/mol. The van der Waals surface area contributed by atoms with Gasteiger partial charge in [0, 0.05) is 5.02 Å². The lowest BCUT2D eigenvalue weighted by molar-refractivity contribution is -0.113. The van der Waals surface area contributed by atoms with Gasteiger partial charge in [-0.3, -0.25) is 4.79 Å². The van der Waals surface area contributed by atoms with Gasteiger partial charge in [-0.25, -0.2) is 9.69 Å². The van der Waals surface area contributed by atoms with Gasteiger partial charge in [0.25, 0.3) is 5.91 Å². The van der Waals surface area contributed by atoms with Crippen molar-refractivity contribution in [1.29, 1.82) is 0 Å². The minimum atomic E-state index is -0.497. The summed E-state index contributed by atoms with van der Waals surface area (Å²) in [5.41, 5.74) is 3.51. The van der Waals surface area contributed by atoms with E-state index >= 15 is 0 Å². The van der Waals surface area contributed by atoms with Gasteiger partial charge in [0.15, 0.2) is 0 Å². The van der Waals surface area contributed by atoms with E-state index in [4.69, 9.17) is 16.3 Å². The van der Waals surface area contributed by atoms with Crippen molar-refractivity contribution in [1.82, 2.24) is 5.32 Å². The van der Waals surface area contributed by atoms with Crippen LogP contribution in [-0.4, -0.2) is 19.0 Å². The molecule has 0 saturated carbocycles. The standard InChI is InChI=1S/C21H21ClN2O3/c1-12(2)17-9-14(13(3)8-19(17)27-4)10-18-20(25)24(21(26)23-18)16-7-5-6-15(22)11-16/h5-12H,1-4H3,(H,23,26)/b18-10+. The minimum absolute atomic E-state index is 0.225. The summed E-state index contributed by atoms with van der Waals surface area (Å²) in [6.45, 7) is 6.09. The molecule has 1 aliphatic rings. The molecule has 0 radical (unpaired) electrons. The van der Waals surface area contributed by atoms with Gasteiger partial charge in [-0.05, 0) is 65.9 Å². The fraction of sp³-hybridized carbons (Fsp3) is 0.238. The van der Waals surface area contributed by atoms with E-state index in [1.54, 1.807) is 37.5 Å². The van der Waals surface area contributed by atoms with Crippen molar-refractivity contribution >= 4 is 35.3 Å². The molecule has 1 saturated heterocycles. The first-order valence-electron chi connectivity index (χ1n) is 8.63. The van der Waals surface area contributed by atoms with Crippen LogP contribution in [0.2, 0.25) is 5.02 Å². The van der Waals surface area contributed by atoms with E-state index in [0.29, 0.717) is 10.7 Å². The molecule has 5 nitrogen and oxygen atoms in total. The van der Waals surface area contributed by atoms with Crippen LogP contribution in [0.15, 0.2) is 42.1 Å². The predicted molar refractivity (Wildman–Crippen MR) is 107 cm³/mol. The number of hydrogen-bond donors (Lipinski definition) is 1. The normalized spacial score (nSPS) is 15.6. The van der Waals surface area contributed by atoms with E-state index in [9.17, 15) is 9.59 Å². The molecule has 0 atom stereocenters. The second kappa shape index (κ2) is 7.45. The van der Waals surface area contributed by atoms with Gasteiger partial charge in [-0.1, -0.05) is 31.5 Å². The first-order chi connectivity index (χ1) is 12.8. The summed E-state index contributed by atoms with van der Waals surface area (Å²) in [6, 6.07) is 10.1. The Hall–Kier alpha value is -2.79. The van der Waals surface area contributed by atoms with Crippen LogP contribution in [0, 0.1) is 6.92 Å². The number of nitrogens with zero attached hydrogens (tertiary/aromatic N) is 1. The Labute approximate surface area is 163 Å². The van der Waals surface area contributed by atoms with E-state index in [0.717, 1.165) is 27.3 Å². The molecular formula is C21H21ClN2O3. The zero-order valence-corrected chi connectivity index (χ0v) is 16.4.